The van der Waals surface area contributed by atoms with E-state index in [0.717, 1.165) is 58.3 Å². The van der Waals surface area contributed by atoms with Gasteiger partial charge in [0.2, 0.25) is 11.9 Å². The molecule has 1 N–H and O–H groups in total. The van der Waals surface area contributed by atoms with Crippen molar-refractivity contribution in [1.82, 2.24) is 25.1 Å². The molecular weight excluding hydrogens is 292 g/mol. The van der Waals surface area contributed by atoms with Gasteiger partial charge in [0.05, 0.1) is 0 Å². The zero-order valence-corrected chi connectivity index (χ0v) is 13.8. The SMILES string of the molecule is C[C@@H]1CNCCN1CCC(=O)N1CCN(c2ncccn2)CC1. The highest BCUT2D eigenvalue weighted by Gasteiger charge is 2.24. The first-order valence-corrected chi connectivity index (χ1v) is 8.48. The molecule has 1 aromatic rings. The van der Waals surface area contributed by atoms with Crippen molar-refractivity contribution in [3.8, 4) is 0 Å². The molecule has 2 aliphatic rings. The van der Waals surface area contributed by atoms with Gasteiger partial charge in [0.25, 0.3) is 0 Å². The Balaban J connectivity index is 1.43. The van der Waals surface area contributed by atoms with Gasteiger partial charge in [-0.15, -0.1) is 0 Å². The van der Waals surface area contributed by atoms with Crippen LogP contribution in [-0.2, 0) is 4.79 Å². The Bertz CT molecular complexity index is 503. The van der Waals surface area contributed by atoms with Gasteiger partial charge in [-0.1, -0.05) is 0 Å². The molecule has 0 radical (unpaired) electrons. The lowest BCUT2D eigenvalue weighted by molar-refractivity contribution is -0.132. The van der Waals surface area contributed by atoms with Crippen LogP contribution in [0.3, 0.4) is 0 Å². The Morgan fingerprint density at radius 3 is 2.65 bits per heavy atom. The zero-order chi connectivity index (χ0) is 16.1. The van der Waals surface area contributed by atoms with E-state index in [4.69, 9.17) is 0 Å². The van der Waals surface area contributed by atoms with E-state index in [1.165, 1.54) is 0 Å². The molecule has 2 aliphatic heterocycles. The fourth-order valence-corrected chi connectivity index (χ4v) is 3.22. The average Bonchev–Trinajstić information content (AvgIpc) is 2.62. The van der Waals surface area contributed by atoms with E-state index in [0.29, 0.717) is 12.5 Å². The number of nitrogens with zero attached hydrogens (tertiary/aromatic N) is 5. The van der Waals surface area contributed by atoms with Crippen molar-refractivity contribution in [3.05, 3.63) is 18.5 Å². The standard InChI is InChI=1S/C16H26N6O/c1-14-13-17-6-8-20(14)7-3-15(23)21-9-11-22(12-10-21)16-18-4-2-5-19-16/h2,4-5,14,17H,3,6-13H2,1H3/t14-/m1/s1. The van der Waals surface area contributed by atoms with E-state index in [2.05, 4.69) is 32.0 Å². The maximum atomic E-state index is 12.4. The van der Waals surface area contributed by atoms with Crippen molar-refractivity contribution in [1.29, 1.82) is 0 Å². The van der Waals surface area contributed by atoms with Gasteiger partial charge in [0.15, 0.2) is 0 Å². The normalized spacial score (nSPS) is 23.1. The lowest BCUT2D eigenvalue weighted by Crippen LogP contribution is -2.52. The second-order valence-corrected chi connectivity index (χ2v) is 6.26. The quantitative estimate of drug-likeness (QED) is 0.830. The lowest BCUT2D eigenvalue weighted by atomic mass is 10.2. The minimum atomic E-state index is 0.268. The van der Waals surface area contributed by atoms with E-state index in [1.807, 2.05) is 11.0 Å². The Hall–Kier alpha value is -1.73. The van der Waals surface area contributed by atoms with Crippen LogP contribution < -0.4 is 10.2 Å². The summed E-state index contributed by atoms with van der Waals surface area (Å²) in [5.41, 5.74) is 0. The molecule has 0 unspecified atom stereocenters. The van der Waals surface area contributed by atoms with Gasteiger partial charge in [-0.3, -0.25) is 9.69 Å². The molecule has 1 amide bonds. The smallest absolute Gasteiger partial charge is 0.225 e. The van der Waals surface area contributed by atoms with Crippen LogP contribution in [0, 0.1) is 0 Å². The molecule has 23 heavy (non-hydrogen) atoms. The van der Waals surface area contributed by atoms with Gasteiger partial charge in [-0.2, -0.15) is 0 Å². The molecule has 0 spiro atoms. The van der Waals surface area contributed by atoms with Crippen LogP contribution in [0.15, 0.2) is 18.5 Å². The summed E-state index contributed by atoms with van der Waals surface area (Å²) in [6, 6.07) is 2.34. The molecular formula is C16H26N6O. The van der Waals surface area contributed by atoms with Crippen molar-refractivity contribution in [2.45, 2.75) is 19.4 Å². The number of nitrogens with one attached hydrogen (secondary N) is 1. The molecule has 0 bridgehead atoms. The highest BCUT2D eigenvalue weighted by Crippen LogP contribution is 2.11. The van der Waals surface area contributed by atoms with Gasteiger partial charge in [0.1, 0.15) is 0 Å². The summed E-state index contributed by atoms with van der Waals surface area (Å²) in [5, 5.41) is 3.38. The molecule has 0 aromatic carbocycles. The van der Waals surface area contributed by atoms with Crippen LogP contribution in [0.2, 0.25) is 0 Å². The van der Waals surface area contributed by atoms with Crippen LogP contribution in [0.1, 0.15) is 13.3 Å². The zero-order valence-electron chi connectivity index (χ0n) is 13.8. The van der Waals surface area contributed by atoms with Crippen LogP contribution in [0.4, 0.5) is 5.95 Å². The third-order valence-electron chi connectivity index (χ3n) is 4.72. The largest absolute Gasteiger partial charge is 0.339 e. The molecule has 0 aliphatic carbocycles. The molecule has 1 aromatic heterocycles. The molecule has 3 heterocycles. The van der Waals surface area contributed by atoms with E-state index in [-0.39, 0.29) is 5.91 Å². The summed E-state index contributed by atoms with van der Waals surface area (Å²) < 4.78 is 0. The van der Waals surface area contributed by atoms with Crippen molar-refractivity contribution >= 4 is 11.9 Å². The Kier molecular flexibility index (Phi) is 5.40. The van der Waals surface area contributed by atoms with Crippen molar-refractivity contribution in [2.75, 3.05) is 57.3 Å². The molecule has 126 valence electrons. The molecule has 3 rings (SSSR count). The fraction of sp³-hybridized carbons (Fsp3) is 0.688. The number of aromatic nitrogens is 2. The van der Waals surface area contributed by atoms with Crippen LogP contribution in [0.25, 0.3) is 0 Å². The monoisotopic (exact) mass is 318 g/mol. The first-order valence-electron chi connectivity index (χ1n) is 8.48. The Labute approximate surface area is 137 Å². The van der Waals surface area contributed by atoms with Gasteiger partial charge in [-0.05, 0) is 13.0 Å². The van der Waals surface area contributed by atoms with Gasteiger partial charge in [0, 0.05) is 77.2 Å². The number of piperazine rings is 2. The summed E-state index contributed by atoms with van der Waals surface area (Å²) >= 11 is 0. The maximum absolute atomic E-state index is 12.4. The summed E-state index contributed by atoms with van der Waals surface area (Å²) in [4.78, 5) is 27.5. The molecule has 1 atom stereocenters. The molecule has 2 saturated heterocycles. The predicted octanol–water partition coefficient (Wildman–Crippen LogP) is -0.191. The third kappa shape index (κ3) is 4.17. The van der Waals surface area contributed by atoms with Crippen LogP contribution in [-0.4, -0.2) is 84.1 Å². The van der Waals surface area contributed by atoms with Gasteiger partial charge in [-0.25, -0.2) is 9.97 Å². The average molecular weight is 318 g/mol. The summed E-state index contributed by atoms with van der Waals surface area (Å²) in [7, 11) is 0. The number of rotatable bonds is 4. The first-order chi connectivity index (χ1) is 11.2. The minimum Gasteiger partial charge on any atom is -0.339 e. The molecule has 7 nitrogen and oxygen atoms in total. The van der Waals surface area contributed by atoms with Crippen molar-refractivity contribution in [2.24, 2.45) is 0 Å². The fourth-order valence-electron chi connectivity index (χ4n) is 3.22. The summed E-state index contributed by atoms with van der Waals surface area (Å²) in [5.74, 6) is 1.03. The van der Waals surface area contributed by atoms with E-state index in [1.54, 1.807) is 12.4 Å². The molecule has 0 saturated carbocycles. The highest BCUT2D eigenvalue weighted by molar-refractivity contribution is 5.76. The second-order valence-electron chi connectivity index (χ2n) is 6.26. The van der Waals surface area contributed by atoms with Gasteiger partial charge >= 0.3 is 0 Å². The van der Waals surface area contributed by atoms with E-state index in [9.17, 15) is 4.79 Å². The predicted molar refractivity (Wildman–Crippen MR) is 89.3 cm³/mol. The van der Waals surface area contributed by atoms with Crippen LogP contribution >= 0.6 is 0 Å². The molecule has 2 fully saturated rings. The summed E-state index contributed by atoms with van der Waals surface area (Å²) in [6.07, 6.45) is 4.13. The van der Waals surface area contributed by atoms with Crippen LogP contribution in [0.5, 0.6) is 0 Å². The first kappa shape index (κ1) is 16.1. The molecule has 7 heteroatoms. The van der Waals surface area contributed by atoms with E-state index < -0.39 is 0 Å². The Morgan fingerprint density at radius 2 is 1.96 bits per heavy atom. The summed E-state index contributed by atoms with van der Waals surface area (Å²) in [6.45, 7) is 9.28. The van der Waals surface area contributed by atoms with Gasteiger partial charge < -0.3 is 15.1 Å². The number of amides is 1. The number of hydrogen-bond acceptors (Lipinski definition) is 6. The second kappa shape index (κ2) is 7.70. The number of carbonyl (C=O) groups is 1. The van der Waals surface area contributed by atoms with E-state index >= 15 is 0 Å². The Morgan fingerprint density at radius 1 is 1.22 bits per heavy atom. The maximum Gasteiger partial charge on any atom is 0.225 e. The minimum absolute atomic E-state index is 0.268. The lowest BCUT2D eigenvalue weighted by Gasteiger charge is -2.36. The number of carbonyl (C=O) groups excluding carboxylic acids is 1. The third-order valence-corrected chi connectivity index (χ3v) is 4.72. The number of hydrogen-bond donors (Lipinski definition) is 1. The van der Waals surface area contributed by atoms with Crippen molar-refractivity contribution < 1.29 is 4.79 Å². The topological polar surface area (TPSA) is 64.6 Å². The highest BCUT2D eigenvalue weighted by atomic mass is 16.2. The van der Waals surface area contributed by atoms with Crippen molar-refractivity contribution in [3.63, 3.8) is 0 Å². The number of anilines is 1.